The maximum atomic E-state index is 11.4. The quantitative estimate of drug-likeness (QED) is 0.596. The maximum Gasteiger partial charge on any atom is 0.239 e. The van der Waals surface area contributed by atoms with Gasteiger partial charge in [-0.05, 0) is 18.8 Å². The summed E-state index contributed by atoms with van der Waals surface area (Å²) in [5.74, 6) is -0.130. The van der Waals surface area contributed by atoms with Gasteiger partial charge in [0.2, 0.25) is 11.8 Å². The van der Waals surface area contributed by atoms with Gasteiger partial charge < -0.3 is 10.6 Å². The largest absolute Gasteiger partial charge is 0.352 e. The first kappa shape index (κ1) is 12.4. The Bertz CT molecular complexity index is 252. The van der Waals surface area contributed by atoms with Crippen LogP contribution < -0.4 is 10.6 Å². The average Bonchev–Trinajstić information content (AvgIpc) is 2.96. The van der Waals surface area contributed by atoms with E-state index in [0.717, 1.165) is 12.8 Å². The summed E-state index contributed by atoms with van der Waals surface area (Å²) in [5.41, 5.74) is 0. The second-order valence-electron chi connectivity index (χ2n) is 4.25. The van der Waals surface area contributed by atoms with E-state index in [1.165, 1.54) is 0 Å². The number of hydrogen-bond donors (Lipinski definition) is 3. The Kier molecular flexibility index (Phi) is 4.45. The molecule has 1 atom stereocenters. The van der Waals surface area contributed by atoms with E-state index in [2.05, 4.69) is 23.3 Å². The van der Waals surface area contributed by atoms with E-state index in [0.29, 0.717) is 6.04 Å². The molecule has 0 aromatic carbocycles. The monoisotopic (exact) mass is 230 g/mol. The van der Waals surface area contributed by atoms with Crippen LogP contribution in [-0.2, 0) is 9.59 Å². The van der Waals surface area contributed by atoms with Crippen molar-refractivity contribution in [2.75, 3.05) is 6.54 Å². The lowest BCUT2D eigenvalue weighted by Gasteiger charge is -2.14. The molecule has 0 saturated heterocycles. The summed E-state index contributed by atoms with van der Waals surface area (Å²) < 4.78 is 0. The van der Waals surface area contributed by atoms with Crippen molar-refractivity contribution < 1.29 is 9.59 Å². The molecule has 1 aliphatic rings. The molecule has 0 aromatic rings. The second kappa shape index (κ2) is 5.39. The Hall–Kier alpha value is -0.710. The zero-order valence-corrected chi connectivity index (χ0v) is 10.0. The highest BCUT2D eigenvalue weighted by Gasteiger charge is 2.24. The van der Waals surface area contributed by atoms with E-state index < -0.39 is 0 Å². The lowest BCUT2D eigenvalue weighted by atomic mass is 10.1. The topological polar surface area (TPSA) is 58.2 Å². The zero-order chi connectivity index (χ0) is 11.4. The number of thiol groups is 1. The predicted octanol–water partition coefficient (Wildman–Crippen LogP) is 0.336. The van der Waals surface area contributed by atoms with Crippen LogP contribution in [0.1, 0.15) is 26.7 Å². The van der Waals surface area contributed by atoms with E-state index >= 15 is 0 Å². The molecule has 0 aliphatic heterocycles. The molecule has 15 heavy (non-hydrogen) atoms. The van der Waals surface area contributed by atoms with Gasteiger partial charge in [0.1, 0.15) is 0 Å². The summed E-state index contributed by atoms with van der Waals surface area (Å²) in [6.45, 7) is 3.89. The first-order chi connectivity index (χ1) is 7.00. The number of carbonyl (C=O) groups is 2. The Balaban J connectivity index is 2.17. The van der Waals surface area contributed by atoms with Gasteiger partial charge in [-0.1, -0.05) is 13.8 Å². The molecule has 0 radical (unpaired) electrons. The number of amides is 2. The van der Waals surface area contributed by atoms with Crippen LogP contribution in [0.4, 0.5) is 0 Å². The highest BCUT2D eigenvalue weighted by molar-refractivity contribution is 7.81. The van der Waals surface area contributed by atoms with Gasteiger partial charge in [0.25, 0.3) is 0 Å². The van der Waals surface area contributed by atoms with Crippen LogP contribution in [0, 0.1) is 5.92 Å². The Labute approximate surface area is 95.6 Å². The van der Waals surface area contributed by atoms with Gasteiger partial charge in [-0.2, -0.15) is 12.6 Å². The first-order valence-corrected chi connectivity index (χ1v) is 5.77. The van der Waals surface area contributed by atoms with Gasteiger partial charge in [-0.3, -0.25) is 9.59 Å². The molecule has 86 valence electrons. The molecule has 1 fully saturated rings. The fourth-order valence-corrected chi connectivity index (χ4v) is 1.17. The van der Waals surface area contributed by atoms with Crippen molar-refractivity contribution in [2.24, 2.45) is 5.92 Å². The number of carbonyl (C=O) groups excluding carboxylic acids is 2. The van der Waals surface area contributed by atoms with E-state index in [1.54, 1.807) is 0 Å². The molecule has 0 spiro atoms. The number of rotatable bonds is 5. The van der Waals surface area contributed by atoms with E-state index in [1.807, 2.05) is 13.8 Å². The molecule has 1 rings (SSSR count). The number of nitrogens with one attached hydrogen (secondary N) is 2. The molecule has 1 aliphatic carbocycles. The van der Waals surface area contributed by atoms with Crippen molar-refractivity contribution >= 4 is 24.4 Å². The van der Waals surface area contributed by atoms with Gasteiger partial charge >= 0.3 is 0 Å². The van der Waals surface area contributed by atoms with E-state index in [9.17, 15) is 9.59 Å². The Morgan fingerprint density at radius 1 is 1.40 bits per heavy atom. The third-order valence-electron chi connectivity index (χ3n) is 2.27. The van der Waals surface area contributed by atoms with Crippen molar-refractivity contribution in [3.63, 3.8) is 0 Å². The van der Waals surface area contributed by atoms with Crippen LogP contribution in [0.2, 0.25) is 0 Å². The second-order valence-corrected chi connectivity index (χ2v) is 4.80. The lowest BCUT2D eigenvalue weighted by molar-refractivity contribution is -0.126. The van der Waals surface area contributed by atoms with Gasteiger partial charge in [-0.25, -0.2) is 0 Å². The van der Waals surface area contributed by atoms with Crippen molar-refractivity contribution in [3.05, 3.63) is 0 Å². The highest BCUT2D eigenvalue weighted by atomic mass is 32.1. The maximum absolute atomic E-state index is 11.4. The summed E-state index contributed by atoms with van der Waals surface area (Å²) >= 11 is 4.16. The molecule has 4 nitrogen and oxygen atoms in total. The molecule has 5 heteroatoms. The van der Waals surface area contributed by atoms with Gasteiger partial charge in [0, 0.05) is 6.04 Å². The van der Waals surface area contributed by atoms with Crippen molar-refractivity contribution in [2.45, 2.75) is 38.0 Å². The summed E-state index contributed by atoms with van der Waals surface area (Å²) in [6, 6.07) is 0.339. The minimum atomic E-state index is -0.348. The van der Waals surface area contributed by atoms with Crippen molar-refractivity contribution in [3.8, 4) is 0 Å². The molecule has 0 bridgehead atoms. The summed E-state index contributed by atoms with van der Waals surface area (Å²) in [4.78, 5) is 22.7. The standard InChI is InChI=1S/C10H18N2O2S/c1-6(2)9(15)10(14)11-5-8(13)12-7-3-4-7/h6-7,9,15H,3-5H2,1-2H3,(H,11,14)(H,12,13). The van der Waals surface area contributed by atoms with Crippen LogP contribution in [-0.4, -0.2) is 29.7 Å². The zero-order valence-electron chi connectivity index (χ0n) is 9.12. The molecule has 2 N–H and O–H groups in total. The van der Waals surface area contributed by atoms with Crippen molar-refractivity contribution in [1.82, 2.24) is 10.6 Å². The van der Waals surface area contributed by atoms with Gasteiger partial charge in [0.05, 0.1) is 11.8 Å². The van der Waals surface area contributed by atoms with Crippen LogP contribution in [0.5, 0.6) is 0 Å². The minimum absolute atomic E-state index is 0.0547. The Morgan fingerprint density at radius 3 is 2.47 bits per heavy atom. The SMILES string of the molecule is CC(C)C(S)C(=O)NCC(=O)NC1CC1. The van der Waals surface area contributed by atoms with Crippen LogP contribution in [0.15, 0.2) is 0 Å². The molecule has 1 unspecified atom stereocenters. The normalized spacial score (nSPS) is 17.3. The molecule has 1 saturated carbocycles. The third kappa shape index (κ3) is 4.55. The highest BCUT2D eigenvalue weighted by Crippen LogP contribution is 2.18. The van der Waals surface area contributed by atoms with Crippen LogP contribution in [0.25, 0.3) is 0 Å². The molecular formula is C10H18N2O2S. The predicted molar refractivity (Wildman–Crippen MR) is 61.8 cm³/mol. The fourth-order valence-electron chi connectivity index (χ4n) is 1.08. The summed E-state index contributed by atoms with van der Waals surface area (Å²) in [5, 5.41) is 5.02. The summed E-state index contributed by atoms with van der Waals surface area (Å²) in [6.07, 6.45) is 2.11. The summed E-state index contributed by atoms with van der Waals surface area (Å²) in [7, 11) is 0. The van der Waals surface area contributed by atoms with Crippen LogP contribution in [0.3, 0.4) is 0 Å². The van der Waals surface area contributed by atoms with Gasteiger partial charge in [-0.15, -0.1) is 0 Å². The van der Waals surface area contributed by atoms with E-state index in [4.69, 9.17) is 0 Å². The molecule has 0 heterocycles. The molecule has 2 amide bonds. The molecular weight excluding hydrogens is 212 g/mol. The lowest BCUT2D eigenvalue weighted by Crippen LogP contribution is -2.41. The smallest absolute Gasteiger partial charge is 0.239 e. The molecule has 0 aromatic heterocycles. The average molecular weight is 230 g/mol. The number of hydrogen-bond acceptors (Lipinski definition) is 3. The fraction of sp³-hybridized carbons (Fsp3) is 0.800. The van der Waals surface area contributed by atoms with Crippen LogP contribution >= 0.6 is 12.6 Å². The first-order valence-electron chi connectivity index (χ1n) is 5.26. The minimum Gasteiger partial charge on any atom is -0.352 e. The van der Waals surface area contributed by atoms with Gasteiger partial charge in [0.15, 0.2) is 0 Å². The Morgan fingerprint density at radius 2 is 2.00 bits per heavy atom. The van der Waals surface area contributed by atoms with E-state index in [-0.39, 0.29) is 29.5 Å². The third-order valence-corrected chi connectivity index (χ3v) is 3.10. The van der Waals surface area contributed by atoms with Crippen molar-refractivity contribution in [1.29, 1.82) is 0 Å².